The number of halogens is 1. The van der Waals surface area contributed by atoms with Crippen LogP contribution in [0.4, 0.5) is 5.69 Å². The molecule has 328 valence electrons. The molecular weight excluding hydrogens is 820 g/mol. The molecule has 8 atom stereocenters. The van der Waals surface area contributed by atoms with E-state index >= 15 is 0 Å². The zero-order valence-electron chi connectivity index (χ0n) is 36.1. The molecule has 16 heteroatoms. The van der Waals surface area contributed by atoms with Crippen LogP contribution < -0.4 is 9.64 Å². The molecule has 0 aromatic heterocycles. The van der Waals surface area contributed by atoms with E-state index < -0.39 is 70.2 Å². The summed E-state index contributed by atoms with van der Waals surface area (Å²) >= 11 is 6.80. The number of epoxide rings is 1. The van der Waals surface area contributed by atoms with E-state index in [0.29, 0.717) is 24.3 Å². The lowest BCUT2D eigenvalue weighted by Gasteiger charge is -2.41. The maximum atomic E-state index is 14.3. The van der Waals surface area contributed by atoms with Gasteiger partial charge in [-0.25, -0.2) is 4.79 Å². The van der Waals surface area contributed by atoms with Crippen LogP contribution in [0.2, 0.25) is 5.02 Å². The average Bonchev–Trinajstić information content (AvgIpc) is 3.86. The van der Waals surface area contributed by atoms with E-state index in [-0.39, 0.29) is 42.4 Å². The normalized spacial score (nSPS) is 29.6. The first-order valence-corrected chi connectivity index (χ1v) is 22.6. The van der Waals surface area contributed by atoms with Crippen LogP contribution in [0.1, 0.15) is 92.6 Å². The molecule has 1 N–H and O–H groups in total. The van der Waals surface area contributed by atoms with Crippen molar-refractivity contribution < 1.29 is 52.8 Å². The van der Waals surface area contributed by atoms with E-state index in [4.69, 9.17) is 35.3 Å². The van der Waals surface area contributed by atoms with Gasteiger partial charge >= 0.3 is 11.9 Å². The van der Waals surface area contributed by atoms with E-state index in [1.54, 1.807) is 80.7 Å². The van der Waals surface area contributed by atoms with Crippen molar-refractivity contribution in [3.8, 4) is 5.75 Å². The molecule has 0 spiro atoms. The number of benzene rings is 1. The van der Waals surface area contributed by atoms with E-state index in [1.807, 2.05) is 33.8 Å². The first kappa shape index (κ1) is 48.6. The lowest BCUT2D eigenvalue weighted by Crippen LogP contribution is -2.53. The van der Waals surface area contributed by atoms with Gasteiger partial charge in [-0.3, -0.25) is 14.4 Å². The van der Waals surface area contributed by atoms with E-state index in [2.05, 4.69) is 0 Å². The SMILES string of the molecule is COc1cc2cc(c1Cl)N(C)C(=O)C[C@@H](OC(=O)[C@@H](C)N(C)C(=O)CC(C)(C)SSCCCC(C)=O)[C@@]1(C)O[C@@H]1[C@@H](C)[C@H]1C[C@](O)(CC(=O)O1)[C@@H](OC)/C=C/C=C(\C)C2. The first-order valence-electron chi connectivity index (χ1n) is 19.9. The summed E-state index contributed by atoms with van der Waals surface area (Å²) in [5.41, 5.74) is -0.668. The van der Waals surface area contributed by atoms with Crippen molar-refractivity contribution in [2.24, 2.45) is 5.92 Å². The number of methoxy groups -OCH3 is 2. The second kappa shape index (κ2) is 20.2. The second-order valence-electron chi connectivity index (χ2n) is 16.9. The van der Waals surface area contributed by atoms with Gasteiger partial charge in [-0.1, -0.05) is 63.9 Å². The fourth-order valence-electron chi connectivity index (χ4n) is 7.57. The summed E-state index contributed by atoms with van der Waals surface area (Å²) in [5.74, 6) is -1.24. The quantitative estimate of drug-likeness (QED) is 0.0968. The highest BCUT2D eigenvalue weighted by Crippen LogP contribution is 2.50. The molecule has 2 fully saturated rings. The topological polar surface area (TPSA) is 162 Å². The van der Waals surface area contributed by atoms with Crippen LogP contribution in [-0.2, 0) is 49.3 Å². The Labute approximate surface area is 361 Å². The summed E-state index contributed by atoms with van der Waals surface area (Å²) in [4.78, 5) is 68.9. The minimum Gasteiger partial charge on any atom is -0.495 e. The lowest BCUT2D eigenvalue weighted by atomic mass is 9.78. The number of hydrogen-bond donors (Lipinski definition) is 1. The average molecular weight is 882 g/mol. The molecule has 3 aliphatic rings. The van der Waals surface area contributed by atoms with Gasteiger partial charge in [-0.05, 0) is 72.1 Å². The van der Waals surface area contributed by atoms with Gasteiger partial charge in [-0.2, -0.15) is 0 Å². The molecule has 0 aliphatic carbocycles. The zero-order chi connectivity index (χ0) is 44.0. The Bertz CT molecular complexity index is 1810. The Morgan fingerprint density at radius 2 is 1.90 bits per heavy atom. The second-order valence-corrected chi connectivity index (χ2v) is 20.4. The van der Waals surface area contributed by atoms with Crippen molar-refractivity contribution in [3.05, 3.63) is 46.5 Å². The standard InChI is InChI=1S/C43H61ClN2O11S2/c1-25-14-12-16-33(54-11)43(52)22-32(55-37(50)24-43)27(3)39-42(7,57-39)34(21-35(48)46(9)30-19-29(18-25)20-31(53-10)38(30)44)56-40(51)28(4)45(8)36(49)23-41(5,6)59-58-17-13-15-26(2)47/h12,14,16,19-20,27-28,32-34,39,52H,13,15,17-18,21-24H2,1-11H3/b16-12+,25-14+/t27-,28+,32+,33-,34+,39+,42+,43-/m0/s1. The molecule has 0 unspecified atom stereocenters. The number of nitrogens with zero attached hydrogens (tertiary/aromatic N) is 2. The number of rotatable bonds is 13. The van der Waals surface area contributed by atoms with Crippen molar-refractivity contribution in [1.82, 2.24) is 4.90 Å². The molecule has 13 nitrogen and oxygen atoms in total. The molecule has 0 radical (unpaired) electrons. The number of ether oxygens (including phenoxy) is 5. The molecule has 2 amide bonds. The third-order valence-electron chi connectivity index (χ3n) is 11.4. The lowest BCUT2D eigenvalue weighted by molar-refractivity contribution is -0.187. The predicted molar refractivity (Wildman–Crippen MR) is 231 cm³/mol. The van der Waals surface area contributed by atoms with Crippen LogP contribution in [0.3, 0.4) is 0 Å². The number of allylic oxidation sites excluding steroid dienone is 3. The van der Waals surface area contributed by atoms with Crippen LogP contribution in [-0.4, -0.2) is 120 Å². The van der Waals surface area contributed by atoms with Crippen LogP contribution in [0.5, 0.6) is 5.75 Å². The number of carbonyl (C=O) groups is 5. The van der Waals surface area contributed by atoms with Gasteiger partial charge in [0, 0.05) is 56.9 Å². The van der Waals surface area contributed by atoms with Crippen molar-refractivity contribution in [2.45, 2.75) is 140 Å². The molecule has 3 heterocycles. The monoisotopic (exact) mass is 880 g/mol. The van der Waals surface area contributed by atoms with E-state index in [9.17, 15) is 29.1 Å². The van der Waals surface area contributed by atoms with Gasteiger partial charge in [0.15, 0.2) is 0 Å². The van der Waals surface area contributed by atoms with Crippen LogP contribution in [0.15, 0.2) is 35.9 Å². The number of Topliss-reactive ketones (excluding diaryl/α,β-unsaturated/α-hetero) is 1. The summed E-state index contributed by atoms with van der Waals surface area (Å²) in [7, 11) is 9.25. The van der Waals surface area contributed by atoms with Crippen molar-refractivity contribution in [3.63, 3.8) is 0 Å². The van der Waals surface area contributed by atoms with Gasteiger partial charge < -0.3 is 43.4 Å². The Balaban J connectivity index is 1.65. The third kappa shape index (κ3) is 12.3. The smallest absolute Gasteiger partial charge is 0.328 e. The molecule has 1 aromatic rings. The fourth-order valence-corrected chi connectivity index (χ4v) is 10.5. The van der Waals surface area contributed by atoms with Crippen LogP contribution >= 0.6 is 33.2 Å². The number of amides is 2. The first-order chi connectivity index (χ1) is 27.5. The zero-order valence-corrected chi connectivity index (χ0v) is 38.5. The summed E-state index contributed by atoms with van der Waals surface area (Å²) in [5, 5.41) is 12.1. The molecule has 59 heavy (non-hydrogen) atoms. The molecular formula is C43H61ClN2O11S2. The number of likely N-dealkylation sites (N-methyl/N-ethyl adjacent to an activating group) is 1. The van der Waals surface area contributed by atoms with Crippen LogP contribution in [0, 0.1) is 5.92 Å². The number of esters is 2. The predicted octanol–water partition coefficient (Wildman–Crippen LogP) is 6.68. The van der Waals surface area contributed by atoms with E-state index in [0.717, 1.165) is 23.3 Å². The van der Waals surface area contributed by atoms with Crippen molar-refractivity contribution in [1.29, 1.82) is 0 Å². The molecule has 4 bridgehead atoms. The summed E-state index contributed by atoms with van der Waals surface area (Å²) in [6.07, 6.45) is 3.27. The number of ketones is 1. The van der Waals surface area contributed by atoms with Crippen LogP contribution in [0.25, 0.3) is 0 Å². The number of fused-ring (bicyclic) bond motifs is 5. The minimum atomic E-state index is -1.59. The Morgan fingerprint density at radius 1 is 1.20 bits per heavy atom. The van der Waals surface area contributed by atoms with E-state index in [1.165, 1.54) is 24.0 Å². The Morgan fingerprint density at radius 3 is 2.54 bits per heavy atom. The van der Waals surface area contributed by atoms with Gasteiger partial charge in [0.1, 0.15) is 52.1 Å². The highest BCUT2D eigenvalue weighted by atomic mass is 35.5. The van der Waals surface area contributed by atoms with Gasteiger partial charge in [-0.15, -0.1) is 0 Å². The van der Waals surface area contributed by atoms with Crippen molar-refractivity contribution >= 4 is 68.4 Å². The summed E-state index contributed by atoms with van der Waals surface area (Å²) in [6.45, 7) is 12.5. The maximum absolute atomic E-state index is 14.3. The maximum Gasteiger partial charge on any atom is 0.328 e. The molecule has 3 aliphatic heterocycles. The van der Waals surface area contributed by atoms with Gasteiger partial charge in [0.2, 0.25) is 11.8 Å². The highest BCUT2D eigenvalue weighted by Gasteiger charge is 2.64. The van der Waals surface area contributed by atoms with Gasteiger partial charge in [0.25, 0.3) is 0 Å². The minimum absolute atomic E-state index is 0.0487. The number of carbonyl (C=O) groups excluding carboxylic acids is 5. The van der Waals surface area contributed by atoms with Gasteiger partial charge in [0.05, 0.1) is 31.7 Å². The fraction of sp³-hybridized carbons (Fsp3) is 0.651. The third-order valence-corrected chi connectivity index (χ3v) is 15.2. The molecule has 0 saturated carbocycles. The highest BCUT2D eigenvalue weighted by molar-refractivity contribution is 8.77. The Kier molecular flexibility index (Phi) is 16.6. The molecule has 2 saturated heterocycles. The summed E-state index contributed by atoms with van der Waals surface area (Å²) < 4.78 is 29.2. The number of anilines is 1. The number of aliphatic hydroxyl groups is 1. The molecule has 4 rings (SSSR count). The van der Waals surface area contributed by atoms with Crippen molar-refractivity contribution in [2.75, 3.05) is 39.0 Å². The largest absolute Gasteiger partial charge is 0.495 e. The molecule has 1 aromatic carbocycles. The Hall–Kier alpha value is -3.08. The number of hydrogen-bond acceptors (Lipinski definition) is 13. The summed E-state index contributed by atoms with van der Waals surface area (Å²) in [6, 6.07) is 2.58.